The number of hydrazone groups is 1. The average molecular weight is 452 g/mol. The maximum Gasteiger partial charge on any atom is 0.217 e. The Morgan fingerprint density at radius 1 is 1.00 bits per heavy atom. The molecule has 2 atom stereocenters. The fourth-order valence-electron chi connectivity index (χ4n) is 4.76. The summed E-state index contributed by atoms with van der Waals surface area (Å²) in [6.45, 7) is 4.42. The number of para-hydroxylation sites is 2. The van der Waals surface area contributed by atoms with Crippen LogP contribution in [0.4, 0.5) is 5.69 Å². The highest BCUT2D eigenvalue weighted by Gasteiger charge is 2.39. The third kappa shape index (κ3) is 4.15. The van der Waals surface area contributed by atoms with Crippen LogP contribution in [0.25, 0.3) is 10.9 Å². The molecule has 4 aromatic rings. The third-order valence-electron chi connectivity index (χ3n) is 6.25. The van der Waals surface area contributed by atoms with Crippen molar-refractivity contribution < 1.29 is 4.79 Å². The summed E-state index contributed by atoms with van der Waals surface area (Å²) in [5, 5.41) is 11.5. The van der Waals surface area contributed by atoms with Gasteiger partial charge in [0, 0.05) is 42.7 Å². The molecule has 172 valence electrons. The lowest BCUT2D eigenvalue weighted by molar-refractivity contribution is -0.119. The maximum absolute atomic E-state index is 12.3. The number of nitrogens with zero attached hydrogens (tertiary/aromatic N) is 3. The second-order valence-corrected chi connectivity index (χ2v) is 8.52. The first-order valence-corrected chi connectivity index (χ1v) is 11.7. The largest absolute Gasteiger partial charge is 0.361 e. The van der Waals surface area contributed by atoms with Gasteiger partial charge in [-0.1, -0.05) is 66.7 Å². The smallest absolute Gasteiger partial charge is 0.217 e. The van der Waals surface area contributed by atoms with Crippen LogP contribution in [0.1, 0.15) is 31.1 Å². The number of amidine groups is 1. The van der Waals surface area contributed by atoms with E-state index in [-0.39, 0.29) is 18.1 Å². The monoisotopic (exact) mass is 451 g/mol. The minimum atomic E-state index is -0.292. The van der Waals surface area contributed by atoms with Crippen molar-refractivity contribution in [1.82, 2.24) is 15.3 Å². The Morgan fingerprint density at radius 3 is 2.38 bits per heavy atom. The number of amides is 1. The lowest BCUT2D eigenvalue weighted by atomic mass is 10.0. The number of aromatic nitrogens is 1. The summed E-state index contributed by atoms with van der Waals surface area (Å²) in [4.78, 5) is 18.0. The number of benzene rings is 3. The van der Waals surface area contributed by atoms with Gasteiger partial charge in [0.1, 0.15) is 6.17 Å². The molecular weight excluding hydrogens is 422 g/mol. The highest BCUT2D eigenvalue weighted by molar-refractivity contribution is 6.05. The van der Waals surface area contributed by atoms with E-state index in [4.69, 9.17) is 5.10 Å². The predicted molar refractivity (Wildman–Crippen MR) is 138 cm³/mol. The SMILES string of the molecule is CCN1N=C([C@@H](Cc2c[nH]c3ccccc23)NC(C)=O)N(c2ccccc2)C1c1ccccc1. The number of hydrogen-bond acceptors (Lipinski definition) is 4. The molecule has 1 unspecified atom stereocenters. The Kier molecular flexibility index (Phi) is 6.04. The van der Waals surface area contributed by atoms with Crippen LogP contribution < -0.4 is 10.2 Å². The van der Waals surface area contributed by atoms with Crippen molar-refractivity contribution in [2.24, 2.45) is 5.10 Å². The van der Waals surface area contributed by atoms with E-state index in [1.807, 2.05) is 42.6 Å². The number of carbonyl (C=O) groups is 1. The van der Waals surface area contributed by atoms with Crippen molar-refractivity contribution in [3.05, 3.63) is 102 Å². The topological polar surface area (TPSA) is 63.7 Å². The van der Waals surface area contributed by atoms with Gasteiger partial charge in [-0.3, -0.25) is 9.80 Å². The van der Waals surface area contributed by atoms with Crippen LogP contribution in [0.2, 0.25) is 0 Å². The Labute approximate surface area is 199 Å². The van der Waals surface area contributed by atoms with Crippen LogP contribution in [0, 0.1) is 0 Å². The number of carbonyl (C=O) groups excluding carboxylic acids is 1. The van der Waals surface area contributed by atoms with Gasteiger partial charge >= 0.3 is 0 Å². The number of anilines is 1. The number of aromatic amines is 1. The Bertz CT molecular complexity index is 1300. The van der Waals surface area contributed by atoms with Crippen LogP contribution in [-0.4, -0.2) is 34.3 Å². The summed E-state index contributed by atoms with van der Waals surface area (Å²) in [5.41, 5.74) is 4.43. The Morgan fingerprint density at radius 2 is 1.68 bits per heavy atom. The van der Waals surface area contributed by atoms with E-state index in [9.17, 15) is 4.79 Å². The van der Waals surface area contributed by atoms with Crippen molar-refractivity contribution in [3.8, 4) is 0 Å². The first kappa shape index (κ1) is 21.8. The van der Waals surface area contributed by atoms with Crippen LogP contribution in [0.5, 0.6) is 0 Å². The molecule has 0 aliphatic carbocycles. The van der Waals surface area contributed by atoms with Gasteiger partial charge in [0.05, 0.1) is 6.04 Å². The minimum Gasteiger partial charge on any atom is -0.361 e. The fourth-order valence-corrected chi connectivity index (χ4v) is 4.76. The molecule has 0 spiro atoms. The maximum atomic E-state index is 12.3. The van der Waals surface area contributed by atoms with Crippen LogP contribution in [0.3, 0.4) is 0 Å². The highest BCUT2D eigenvalue weighted by Crippen LogP contribution is 2.36. The molecule has 0 saturated carbocycles. The minimum absolute atomic E-state index is 0.0771. The van der Waals surface area contributed by atoms with Gasteiger partial charge in [-0.25, -0.2) is 0 Å². The van der Waals surface area contributed by atoms with Crippen LogP contribution in [0.15, 0.2) is 96.2 Å². The molecule has 5 rings (SSSR count). The molecule has 6 nitrogen and oxygen atoms in total. The van der Waals surface area contributed by atoms with Gasteiger partial charge in [0.25, 0.3) is 0 Å². The molecule has 1 amide bonds. The Balaban J connectivity index is 1.60. The summed E-state index contributed by atoms with van der Waals surface area (Å²) in [6, 6.07) is 28.7. The van der Waals surface area contributed by atoms with Crippen molar-refractivity contribution in [3.63, 3.8) is 0 Å². The third-order valence-corrected chi connectivity index (χ3v) is 6.25. The van der Waals surface area contributed by atoms with E-state index in [0.29, 0.717) is 6.42 Å². The molecule has 0 bridgehead atoms. The van der Waals surface area contributed by atoms with E-state index in [2.05, 4.69) is 75.7 Å². The number of nitrogens with one attached hydrogen (secondary N) is 2. The van der Waals surface area contributed by atoms with Crippen molar-refractivity contribution in [2.45, 2.75) is 32.5 Å². The molecule has 0 saturated heterocycles. The molecule has 1 aliphatic rings. The molecule has 0 fully saturated rings. The second-order valence-electron chi connectivity index (χ2n) is 8.52. The molecule has 2 N–H and O–H groups in total. The summed E-state index contributed by atoms with van der Waals surface area (Å²) in [5.74, 6) is 0.758. The van der Waals surface area contributed by atoms with Crippen molar-refractivity contribution in [1.29, 1.82) is 0 Å². The zero-order valence-electron chi connectivity index (χ0n) is 19.5. The number of rotatable bonds is 7. The van der Waals surface area contributed by atoms with E-state index < -0.39 is 0 Å². The number of hydrogen-bond donors (Lipinski definition) is 2. The first-order valence-electron chi connectivity index (χ1n) is 11.7. The molecule has 34 heavy (non-hydrogen) atoms. The predicted octanol–water partition coefficient (Wildman–Crippen LogP) is 5.07. The standard InChI is InChI=1S/C28H29N5O/c1-3-32-28(21-12-6-4-7-13-21)33(23-14-8-5-9-15-23)27(31-32)26(30-20(2)34)18-22-19-29-25-17-11-10-16-24(22)25/h4-17,19,26,28-29H,3,18H2,1-2H3,(H,30,34)/t26-,28?/m1/s1. The van der Waals surface area contributed by atoms with Gasteiger partial charge in [-0.15, -0.1) is 0 Å². The summed E-state index contributed by atoms with van der Waals surface area (Å²) >= 11 is 0. The van der Waals surface area contributed by atoms with Gasteiger partial charge in [-0.05, 0) is 36.2 Å². The lowest BCUT2D eigenvalue weighted by Crippen LogP contribution is -2.48. The molecule has 0 radical (unpaired) electrons. The second kappa shape index (κ2) is 9.43. The molecule has 6 heteroatoms. The fraction of sp³-hybridized carbons (Fsp3) is 0.214. The molecule has 1 aromatic heterocycles. The van der Waals surface area contributed by atoms with E-state index in [1.165, 1.54) is 0 Å². The quantitative estimate of drug-likeness (QED) is 0.412. The summed E-state index contributed by atoms with van der Waals surface area (Å²) in [7, 11) is 0. The average Bonchev–Trinajstić information content (AvgIpc) is 3.46. The van der Waals surface area contributed by atoms with E-state index in [0.717, 1.165) is 40.1 Å². The molecular formula is C28H29N5O. The summed E-state index contributed by atoms with van der Waals surface area (Å²) in [6.07, 6.45) is 2.57. The molecule has 3 aromatic carbocycles. The van der Waals surface area contributed by atoms with Crippen molar-refractivity contribution in [2.75, 3.05) is 11.4 Å². The van der Waals surface area contributed by atoms with Gasteiger partial charge < -0.3 is 15.2 Å². The van der Waals surface area contributed by atoms with Gasteiger partial charge in [-0.2, -0.15) is 5.10 Å². The van der Waals surface area contributed by atoms with E-state index >= 15 is 0 Å². The van der Waals surface area contributed by atoms with Crippen LogP contribution in [-0.2, 0) is 11.2 Å². The number of H-pyrrole nitrogens is 1. The van der Waals surface area contributed by atoms with Gasteiger partial charge in [0.15, 0.2) is 5.84 Å². The highest BCUT2D eigenvalue weighted by atomic mass is 16.1. The van der Waals surface area contributed by atoms with Gasteiger partial charge in [0.2, 0.25) is 5.91 Å². The first-order chi connectivity index (χ1) is 16.7. The normalized spacial score (nSPS) is 16.5. The lowest BCUT2D eigenvalue weighted by Gasteiger charge is -2.33. The van der Waals surface area contributed by atoms with Crippen molar-refractivity contribution >= 4 is 28.3 Å². The molecule has 2 heterocycles. The number of fused-ring (bicyclic) bond motifs is 1. The summed E-state index contributed by atoms with van der Waals surface area (Å²) < 4.78 is 0. The Hall–Kier alpha value is -4.06. The molecule has 1 aliphatic heterocycles. The van der Waals surface area contributed by atoms with E-state index in [1.54, 1.807) is 6.92 Å². The zero-order valence-corrected chi connectivity index (χ0v) is 19.5. The van der Waals surface area contributed by atoms with Crippen LogP contribution >= 0.6 is 0 Å². The zero-order chi connectivity index (χ0) is 23.5.